The van der Waals surface area contributed by atoms with Gasteiger partial charge in [-0.05, 0) is 43.2 Å². The molecule has 0 aliphatic carbocycles. The molecule has 23 heavy (non-hydrogen) atoms. The van der Waals surface area contributed by atoms with E-state index in [-0.39, 0.29) is 11.8 Å². The number of carbonyl (C=O) groups is 2. The van der Waals surface area contributed by atoms with Crippen molar-refractivity contribution in [1.29, 1.82) is 0 Å². The van der Waals surface area contributed by atoms with Crippen molar-refractivity contribution < 1.29 is 9.59 Å². The van der Waals surface area contributed by atoms with Crippen LogP contribution in [0.4, 0.5) is 11.4 Å². The monoisotopic (exact) mass is 328 g/mol. The second-order valence-electron chi connectivity index (χ2n) is 5.26. The number of thioether (sulfide) groups is 1. The molecule has 5 heteroatoms. The summed E-state index contributed by atoms with van der Waals surface area (Å²) in [5.41, 5.74) is 3.43. The third kappa shape index (κ3) is 4.86. The molecular formula is C18H20N2O2S. The second kappa shape index (κ2) is 7.83. The zero-order chi connectivity index (χ0) is 16.8. The molecular weight excluding hydrogens is 308 g/mol. The van der Waals surface area contributed by atoms with Crippen LogP contribution in [0.1, 0.15) is 18.1 Å². The Morgan fingerprint density at radius 1 is 0.957 bits per heavy atom. The van der Waals surface area contributed by atoms with Crippen LogP contribution in [0.2, 0.25) is 0 Å². The van der Waals surface area contributed by atoms with Crippen molar-refractivity contribution in [3.63, 3.8) is 0 Å². The van der Waals surface area contributed by atoms with Gasteiger partial charge in [-0.25, -0.2) is 0 Å². The lowest BCUT2D eigenvalue weighted by molar-refractivity contribution is -0.114. The lowest BCUT2D eigenvalue weighted by Crippen LogP contribution is -2.16. The highest BCUT2D eigenvalue weighted by atomic mass is 32.2. The van der Waals surface area contributed by atoms with Crippen LogP contribution in [-0.2, 0) is 9.59 Å². The van der Waals surface area contributed by atoms with Crippen LogP contribution < -0.4 is 10.6 Å². The van der Waals surface area contributed by atoms with Gasteiger partial charge in [0, 0.05) is 23.2 Å². The van der Waals surface area contributed by atoms with Crippen LogP contribution in [0.25, 0.3) is 0 Å². The number of carbonyl (C=O) groups excluding carboxylic acids is 2. The fraction of sp³-hybridized carbons (Fsp3) is 0.222. The number of aryl methyl sites for hydroxylation is 1. The van der Waals surface area contributed by atoms with E-state index in [0.29, 0.717) is 17.1 Å². The Kier molecular flexibility index (Phi) is 5.82. The first-order chi connectivity index (χ1) is 11.0. The minimum Gasteiger partial charge on any atom is -0.326 e. The zero-order valence-corrected chi connectivity index (χ0v) is 14.3. The Morgan fingerprint density at radius 3 is 2.26 bits per heavy atom. The Bertz CT molecular complexity index is 729. The molecule has 0 aliphatic heterocycles. The van der Waals surface area contributed by atoms with Gasteiger partial charge in [0.1, 0.15) is 0 Å². The van der Waals surface area contributed by atoms with Gasteiger partial charge in [-0.3, -0.25) is 9.59 Å². The van der Waals surface area contributed by atoms with Gasteiger partial charge >= 0.3 is 0 Å². The summed E-state index contributed by atoms with van der Waals surface area (Å²) in [6.07, 6.45) is 0. The smallest absolute Gasteiger partial charge is 0.234 e. The standard InChI is InChI=1S/C18H20N2O2S/c1-12-7-4-5-10-17(12)23-11-18(22)20-16-9-6-8-15(13(16)2)19-14(3)21/h4-10H,11H2,1-3H3,(H,19,21)(H,20,22). The van der Waals surface area contributed by atoms with Crippen molar-refractivity contribution in [1.82, 2.24) is 0 Å². The predicted octanol–water partition coefficient (Wildman–Crippen LogP) is 3.99. The maximum atomic E-state index is 12.2. The van der Waals surface area contributed by atoms with Crippen molar-refractivity contribution in [2.75, 3.05) is 16.4 Å². The van der Waals surface area contributed by atoms with E-state index in [1.54, 1.807) is 0 Å². The Balaban J connectivity index is 2.00. The Hall–Kier alpha value is -2.27. The average molecular weight is 328 g/mol. The number of rotatable bonds is 5. The number of amides is 2. The predicted molar refractivity (Wildman–Crippen MR) is 96.0 cm³/mol. The maximum Gasteiger partial charge on any atom is 0.234 e. The molecule has 0 aromatic heterocycles. The lowest BCUT2D eigenvalue weighted by atomic mass is 10.1. The van der Waals surface area contributed by atoms with E-state index < -0.39 is 0 Å². The van der Waals surface area contributed by atoms with Crippen molar-refractivity contribution >= 4 is 35.0 Å². The summed E-state index contributed by atoms with van der Waals surface area (Å²) in [5, 5.41) is 5.66. The summed E-state index contributed by atoms with van der Waals surface area (Å²) < 4.78 is 0. The lowest BCUT2D eigenvalue weighted by Gasteiger charge is -2.13. The van der Waals surface area contributed by atoms with Crippen molar-refractivity contribution in [2.45, 2.75) is 25.7 Å². The third-order valence-corrected chi connectivity index (χ3v) is 4.55. The molecule has 2 aromatic carbocycles. The van der Waals surface area contributed by atoms with Gasteiger partial charge < -0.3 is 10.6 Å². The fourth-order valence-electron chi connectivity index (χ4n) is 2.14. The van der Waals surface area contributed by atoms with E-state index >= 15 is 0 Å². The van der Waals surface area contributed by atoms with Crippen LogP contribution in [0.15, 0.2) is 47.4 Å². The van der Waals surface area contributed by atoms with E-state index in [0.717, 1.165) is 16.0 Å². The fourth-order valence-corrected chi connectivity index (χ4v) is 2.97. The first-order valence-electron chi connectivity index (χ1n) is 7.33. The molecule has 0 fully saturated rings. The maximum absolute atomic E-state index is 12.2. The number of anilines is 2. The third-order valence-electron chi connectivity index (χ3n) is 3.37. The van der Waals surface area contributed by atoms with E-state index in [1.807, 2.05) is 56.3 Å². The van der Waals surface area contributed by atoms with Gasteiger partial charge in [0.25, 0.3) is 0 Å². The molecule has 0 saturated heterocycles. The molecule has 2 aromatic rings. The molecule has 2 N–H and O–H groups in total. The molecule has 0 radical (unpaired) electrons. The SMILES string of the molecule is CC(=O)Nc1cccc(NC(=O)CSc2ccccc2C)c1C. The highest BCUT2D eigenvalue weighted by Gasteiger charge is 2.09. The van der Waals surface area contributed by atoms with Crippen molar-refractivity contribution in [3.05, 3.63) is 53.6 Å². The van der Waals surface area contributed by atoms with Crippen LogP contribution in [0.5, 0.6) is 0 Å². The summed E-state index contributed by atoms with van der Waals surface area (Å²) >= 11 is 1.51. The Morgan fingerprint density at radius 2 is 1.61 bits per heavy atom. The van der Waals surface area contributed by atoms with E-state index in [9.17, 15) is 9.59 Å². The molecule has 0 bridgehead atoms. The van der Waals surface area contributed by atoms with Crippen molar-refractivity contribution in [2.24, 2.45) is 0 Å². The molecule has 0 spiro atoms. The number of nitrogens with one attached hydrogen (secondary N) is 2. The van der Waals surface area contributed by atoms with Gasteiger partial charge in [0.05, 0.1) is 5.75 Å². The second-order valence-corrected chi connectivity index (χ2v) is 6.28. The van der Waals surface area contributed by atoms with Gasteiger partial charge in [-0.15, -0.1) is 11.8 Å². The summed E-state index contributed by atoms with van der Waals surface area (Å²) in [7, 11) is 0. The van der Waals surface area contributed by atoms with Gasteiger partial charge in [0.2, 0.25) is 11.8 Å². The normalized spacial score (nSPS) is 10.2. The van der Waals surface area contributed by atoms with Gasteiger partial charge in [-0.1, -0.05) is 24.3 Å². The largest absolute Gasteiger partial charge is 0.326 e. The quantitative estimate of drug-likeness (QED) is 0.816. The summed E-state index contributed by atoms with van der Waals surface area (Å²) in [5.74, 6) is 0.141. The number of hydrogen-bond acceptors (Lipinski definition) is 3. The van der Waals surface area contributed by atoms with Crippen LogP contribution in [0, 0.1) is 13.8 Å². The Labute approximate surface area is 140 Å². The minimum absolute atomic E-state index is 0.0682. The highest BCUT2D eigenvalue weighted by Crippen LogP contribution is 2.25. The minimum atomic E-state index is -0.133. The van der Waals surface area contributed by atoms with E-state index in [2.05, 4.69) is 10.6 Å². The van der Waals surface area contributed by atoms with E-state index in [1.165, 1.54) is 18.7 Å². The molecule has 0 saturated carbocycles. The van der Waals surface area contributed by atoms with Gasteiger partial charge in [-0.2, -0.15) is 0 Å². The summed E-state index contributed by atoms with van der Waals surface area (Å²) in [6.45, 7) is 5.36. The molecule has 0 aliphatic rings. The summed E-state index contributed by atoms with van der Waals surface area (Å²) in [4.78, 5) is 24.5. The van der Waals surface area contributed by atoms with Gasteiger partial charge in [0.15, 0.2) is 0 Å². The first-order valence-corrected chi connectivity index (χ1v) is 8.31. The molecule has 2 rings (SSSR count). The first kappa shape index (κ1) is 17.1. The van der Waals surface area contributed by atoms with Crippen molar-refractivity contribution in [3.8, 4) is 0 Å². The molecule has 0 atom stereocenters. The molecule has 4 nitrogen and oxygen atoms in total. The van der Waals surface area contributed by atoms with Crippen LogP contribution >= 0.6 is 11.8 Å². The molecule has 0 heterocycles. The molecule has 120 valence electrons. The molecule has 2 amide bonds. The highest BCUT2D eigenvalue weighted by molar-refractivity contribution is 8.00. The van der Waals surface area contributed by atoms with Crippen LogP contribution in [0.3, 0.4) is 0 Å². The molecule has 0 unspecified atom stereocenters. The number of benzene rings is 2. The van der Waals surface area contributed by atoms with E-state index in [4.69, 9.17) is 0 Å². The topological polar surface area (TPSA) is 58.2 Å². The average Bonchev–Trinajstić information content (AvgIpc) is 2.50. The summed E-state index contributed by atoms with van der Waals surface area (Å²) in [6, 6.07) is 13.4. The van der Waals surface area contributed by atoms with Crippen LogP contribution in [-0.4, -0.2) is 17.6 Å². The number of hydrogen-bond donors (Lipinski definition) is 2. The zero-order valence-electron chi connectivity index (χ0n) is 13.5.